The van der Waals surface area contributed by atoms with E-state index in [1.54, 1.807) is 0 Å². The average molecular weight is 572 g/mol. The Bertz CT molecular complexity index is 1130. The van der Waals surface area contributed by atoms with Crippen LogP contribution in [0.25, 0.3) is 0 Å². The number of aliphatic hydroxyl groups excluding tert-OH is 1. The summed E-state index contributed by atoms with van der Waals surface area (Å²) in [5.74, 6) is -0.669. The van der Waals surface area contributed by atoms with Crippen molar-refractivity contribution in [1.29, 1.82) is 0 Å². The van der Waals surface area contributed by atoms with Crippen LogP contribution < -0.4 is 10.6 Å². The molecular formula is C30H41N3O6S. The Morgan fingerprint density at radius 3 is 2.50 bits per heavy atom. The highest BCUT2D eigenvalue weighted by atomic mass is 32.2. The molecule has 1 heterocycles. The molecule has 2 aromatic rings. The van der Waals surface area contributed by atoms with Crippen LogP contribution in [0.1, 0.15) is 43.9 Å². The predicted octanol–water partition coefficient (Wildman–Crippen LogP) is 3.42. The lowest BCUT2D eigenvalue weighted by atomic mass is 9.97. The molecule has 0 bridgehead atoms. The molecule has 9 nitrogen and oxygen atoms in total. The smallest absolute Gasteiger partial charge is 0.407 e. The first-order valence-electron chi connectivity index (χ1n) is 13.6. The number of alkyl carbamates (subject to hydrolysis) is 1. The first kappa shape index (κ1) is 31.4. The quantitative estimate of drug-likeness (QED) is 0.316. The molecule has 3 atom stereocenters. The van der Waals surface area contributed by atoms with Crippen LogP contribution in [0.2, 0.25) is 0 Å². The Morgan fingerprint density at radius 2 is 1.80 bits per heavy atom. The molecule has 0 saturated carbocycles. The number of aryl methyl sites for hydroxylation is 1. The van der Waals surface area contributed by atoms with Crippen LogP contribution >= 0.6 is 11.8 Å². The Hall–Kier alpha value is -3.08. The van der Waals surface area contributed by atoms with Crippen LogP contribution in [0.4, 0.5) is 4.79 Å². The van der Waals surface area contributed by atoms with Crippen molar-refractivity contribution in [2.24, 2.45) is 0 Å². The maximum Gasteiger partial charge on any atom is 0.407 e. The fourth-order valence-electron chi connectivity index (χ4n) is 4.62. The highest BCUT2D eigenvalue weighted by molar-refractivity contribution is 8.00. The van der Waals surface area contributed by atoms with E-state index in [4.69, 9.17) is 9.47 Å². The van der Waals surface area contributed by atoms with Gasteiger partial charge in [0.2, 0.25) is 5.91 Å². The van der Waals surface area contributed by atoms with Gasteiger partial charge in [0.15, 0.2) is 6.10 Å². The number of nitrogens with zero attached hydrogens (tertiary/aromatic N) is 1. The topological polar surface area (TPSA) is 117 Å². The number of thioether (sulfide) groups is 1. The van der Waals surface area contributed by atoms with Crippen molar-refractivity contribution < 1.29 is 29.0 Å². The summed E-state index contributed by atoms with van der Waals surface area (Å²) in [7, 11) is 0. The molecule has 1 saturated heterocycles. The van der Waals surface area contributed by atoms with E-state index in [2.05, 4.69) is 10.6 Å². The molecule has 0 spiro atoms. The number of hydrogen-bond acceptors (Lipinski definition) is 7. The molecule has 218 valence electrons. The minimum Gasteiger partial charge on any atom is -0.449 e. The predicted molar refractivity (Wildman–Crippen MR) is 156 cm³/mol. The molecule has 0 unspecified atom stereocenters. The summed E-state index contributed by atoms with van der Waals surface area (Å²) in [5.41, 5.74) is 2.88. The minimum absolute atomic E-state index is 0.147. The van der Waals surface area contributed by atoms with Crippen molar-refractivity contribution in [2.45, 2.75) is 70.0 Å². The first-order chi connectivity index (χ1) is 19.1. The molecular weight excluding hydrogens is 530 g/mol. The second-order valence-electron chi connectivity index (χ2n) is 10.3. The zero-order valence-corrected chi connectivity index (χ0v) is 24.5. The number of carbonyl (C=O) groups is 3. The van der Waals surface area contributed by atoms with Gasteiger partial charge in [-0.1, -0.05) is 54.6 Å². The normalized spacial score (nSPS) is 17.6. The van der Waals surface area contributed by atoms with Gasteiger partial charge in [-0.25, -0.2) is 4.79 Å². The van der Waals surface area contributed by atoms with Gasteiger partial charge in [-0.15, -0.1) is 11.8 Å². The lowest BCUT2D eigenvalue weighted by Crippen LogP contribution is -2.58. The van der Waals surface area contributed by atoms with E-state index in [0.717, 1.165) is 16.7 Å². The van der Waals surface area contributed by atoms with Gasteiger partial charge in [-0.3, -0.25) is 9.59 Å². The molecule has 2 aromatic carbocycles. The monoisotopic (exact) mass is 571 g/mol. The molecule has 0 aromatic heterocycles. The number of benzene rings is 2. The number of nitrogens with one attached hydrogen (secondary N) is 2. The van der Waals surface area contributed by atoms with Gasteiger partial charge < -0.3 is 30.1 Å². The molecule has 0 radical (unpaired) electrons. The van der Waals surface area contributed by atoms with Gasteiger partial charge in [-0.05, 0) is 50.8 Å². The maximum atomic E-state index is 13.7. The van der Waals surface area contributed by atoms with Crippen LogP contribution in [-0.4, -0.2) is 76.5 Å². The third kappa shape index (κ3) is 8.71. The first-order valence-corrected chi connectivity index (χ1v) is 14.6. The highest BCUT2D eigenvalue weighted by Crippen LogP contribution is 2.40. The fourth-order valence-corrected chi connectivity index (χ4v) is 5.76. The lowest BCUT2D eigenvalue weighted by molar-refractivity contribution is -0.147. The van der Waals surface area contributed by atoms with Gasteiger partial charge in [0, 0.05) is 30.9 Å². The van der Waals surface area contributed by atoms with Crippen LogP contribution in [0, 0.1) is 6.92 Å². The lowest BCUT2D eigenvalue weighted by Gasteiger charge is -2.33. The number of hydrogen-bond donors (Lipinski definition) is 3. The van der Waals surface area contributed by atoms with Crippen molar-refractivity contribution in [3.63, 3.8) is 0 Å². The average Bonchev–Trinajstić information content (AvgIpc) is 3.26. The molecule has 1 aliphatic rings. The minimum atomic E-state index is -1.59. The summed E-state index contributed by atoms with van der Waals surface area (Å²) in [6.07, 6.45) is -1.58. The van der Waals surface area contributed by atoms with E-state index in [0.29, 0.717) is 26.2 Å². The van der Waals surface area contributed by atoms with E-state index < -0.39 is 34.9 Å². The summed E-state index contributed by atoms with van der Waals surface area (Å²) < 4.78 is 9.94. The Morgan fingerprint density at radius 1 is 1.10 bits per heavy atom. The molecule has 3 amide bonds. The van der Waals surface area contributed by atoms with E-state index in [1.807, 2.05) is 82.3 Å². The van der Waals surface area contributed by atoms with Crippen LogP contribution in [0.15, 0.2) is 54.6 Å². The summed E-state index contributed by atoms with van der Waals surface area (Å²) in [4.78, 5) is 41.1. The SMILES string of the molecule is CCOCCCOC(=O)N[C@@H](Cc1ccccc1)[C@H](O)C(=O)N1CSC(C)(C)[C@H]1C(=O)NCc1ccccc1C. The maximum absolute atomic E-state index is 13.7. The van der Waals surface area contributed by atoms with E-state index in [9.17, 15) is 19.5 Å². The second-order valence-corrected chi connectivity index (χ2v) is 11.9. The summed E-state index contributed by atoms with van der Waals surface area (Å²) in [6, 6.07) is 15.3. The third-order valence-corrected chi connectivity index (χ3v) is 8.27. The Labute approximate surface area is 241 Å². The number of rotatable bonds is 13. The van der Waals surface area contributed by atoms with Gasteiger partial charge in [0.1, 0.15) is 6.04 Å². The molecule has 1 aliphatic heterocycles. The Kier molecular flexibility index (Phi) is 11.8. The van der Waals surface area contributed by atoms with Crippen molar-refractivity contribution >= 4 is 29.7 Å². The molecule has 3 rings (SSSR count). The standard InChI is InChI=1S/C30H41N3O6S/c1-5-38-16-11-17-39-29(37)32-24(18-22-13-7-6-8-14-22)25(34)28(36)33-20-40-30(3,4)26(33)27(35)31-19-23-15-10-9-12-21(23)2/h6-10,12-15,24-26,34H,5,11,16-20H2,1-4H3,(H,31,35)(H,32,37)/t24-,25-,26+/m0/s1. The Balaban J connectivity index is 1.72. The van der Waals surface area contributed by atoms with Gasteiger partial charge in [0.25, 0.3) is 5.91 Å². The number of ether oxygens (including phenoxy) is 2. The van der Waals surface area contributed by atoms with Crippen LogP contribution in [0.3, 0.4) is 0 Å². The van der Waals surface area contributed by atoms with Crippen molar-refractivity contribution in [3.05, 3.63) is 71.3 Å². The molecule has 10 heteroatoms. The highest BCUT2D eigenvalue weighted by Gasteiger charge is 2.49. The molecule has 3 N–H and O–H groups in total. The molecule has 0 aliphatic carbocycles. The van der Waals surface area contributed by atoms with Crippen molar-refractivity contribution in [2.75, 3.05) is 25.7 Å². The van der Waals surface area contributed by atoms with Gasteiger partial charge >= 0.3 is 6.09 Å². The fraction of sp³-hybridized carbons (Fsp3) is 0.500. The zero-order chi connectivity index (χ0) is 29.1. The second kappa shape index (κ2) is 15.1. The zero-order valence-electron chi connectivity index (χ0n) is 23.7. The molecule has 1 fully saturated rings. The van der Waals surface area contributed by atoms with E-state index in [-0.39, 0.29) is 24.8 Å². The van der Waals surface area contributed by atoms with Gasteiger partial charge in [-0.2, -0.15) is 0 Å². The van der Waals surface area contributed by atoms with E-state index >= 15 is 0 Å². The third-order valence-electron chi connectivity index (χ3n) is 6.90. The van der Waals surface area contributed by atoms with Gasteiger partial charge in [0.05, 0.1) is 18.5 Å². The van der Waals surface area contributed by atoms with Crippen molar-refractivity contribution in [3.8, 4) is 0 Å². The van der Waals surface area contributed by atoms with Crippen LogP contribution in [-0.2, 0) is 32.0 Å². The van der Waals surface area contributed by atoms with Crippen molar-refractivity contribution in [1.82, 2.24) is 15.5 Å². The molecule has 40 heavy (non-hydrogen) atoms. The number of aliphatic hydroxyl groups is 1. The number of amides is 3. The van der Waals surface area contributed by atoms with E-state index in [1.165, 1.54) is 16.7 Å². The summed E-state index contributed by atoms with van der Waals surface area (Å²) >= 11 is 1.47. The summed E-state index contributed by atoms with van der Waals surface area (Å²) in [6.45, 7) is 9.22. The van der Waals surface area contributed by atoms with Crippen LogP contribution in [0.5, 0.6) is 0 Å². The number of carbonyl (C=O) groups excluding carboxylic acids is 3. The largest absolute Gasteiger partial charge is 0.449 e. The summed E-state index contributed by atoms with van der Waals surface area (Å²) in [5, 5.41) is 16.9.